The predicted molar refractivity (Wildman–Crippen MR) is 75.1 cm³/mol. The van der Waals surface area contributed by atoms with Gasteiger partial charge < -0.3 is 19.1 Å². The summed E-state index contributed by atoms with van der Waals surface area (Å²) in [5.74, 6) is 0. The molecule has 2 heterocycles. The Morgan fingerprint density at radius 2 is 2.17 bits per heavy atom. The van der Waals surface area contributed by atoms with Crippen LogP contribution in [0.15, 0.2) is 0 Å². The van der Waals surface area contributed by atoms with Gasteiger partial charge >= 0.3 is 6.09 Å². The Balaban J connectivity index is 1.78. The van der Waals surface area contributed by atoms with Crippen molar-refractivity contribution in [2.45, 2.75) is 38.1 Å². The van der Waals surface area contributed by atoms with E-state index in [0.717, 1.165) is 4.43 Å². The van der Waals surface area contributed by atoms with E-state index in [1.807, 2.05) is 20.8 Å². The Hall–Kier alpha value is -0.0800. The minimum Gasteiger partial charge on any atom is -0.444 e. The molecule has 0 aliphatic carbocycles. The number of hydrogen-bond acceptors (Lipinski definition) is 4. The number of ether oxygens (including phenoxy) is 3. The maximum absolute atomic E-state index is 11.8. The molecule has 0 aromatic carbocycles. The highest BCUT2D eigenvalue weighted by molar-refractivity contribution is 14.1. The van der Waals surface area contributed by atoms with Crippen molar-refractivity contribution in [1.29, 1.82) is 0 Å². The number of rotatable bonds is 1. The number of carbonyl (C=O) groups is 1. The Morgan fingerprint density at radius 1 is 1.50 bits per heavy atom. The second-order valence-electron chi connectivity index (χ2n) is 5.92. The molecule has 18 heavy (non-hydrogen) atoms. The van der Waals surface area contributed by atoms with E-state index in [1.54, 1.807) is 4.90 Å². The lowest BCUT2D eigenvalue weighted by Gasteiger charge is -2.51. The zero-order valence-electron chi connectivity index (χ0n) is 11.1. The zero-order chi connectivity index (χ0) is 13.4. The van der Waals surface area contributed by atoms with Gasteiger partial charge in [0.25, 0.3) is 0 Å². The van der Waals surface area contributed by atoms with E-state index in [9.17, 15) is 4.79 Å². The standard InChI is InChI=1S/C12H20INO4/c1-11(2,3)18-10(15)14-6-12(7-14)8-16-9(4-13)5-17-12/h9H,4-8H2,1-3H3. The predicted octanol–water partition coefficient (Wildman–Crippen LogP) is 1.83. The summed E-state index contributed by atoms with van der Waals surface area (Å²) in [6.07, 6.45) is -0.0838. The van der Waals surface area contributed by atoms with E-state index in [2.05, 4.69) is 22.6 Å². The van der Waals surface area contributed by atoms with Crippen LogP contribution in [-0.2, 0) is 14.2 Å². The van der Waals surface area contributed by atoms with Crippen molar-refractivity contribution in [2.24, 2.45) is 0 Å². The molecule has 2 aliphatic heterocycles. The minimum absolute atomic E-state index is 0.187. The molecular formula is C12H20INO4. The fourth-order valence-electron chi connectivity index (χ4n) is 2.01. The number of halogens is 1. The molecule has 2 aliphatic rings. The number of hydrogen-bond donors (Lipinski definition) is 0. The van der Waals surface area contributed by atoms with Crippen LogP contribution in [0.2, 0.25) is 0 Å². The van der Waals surface area contributed by atoms with E-state index in [1.165, 1.54) is 0 Å². The summed E-state index contributed by atoms with van der Waals surface area (Å²) in [5, 5.41) is 0. The maximum Gasteiger partial charge on any atom is 0.410 e. The third-order valence-corrected chi connectivity index (χ3v) is 3.92. The highest BCUT2D eigenvalue weighted by Crippen LogP contribution is 2.31. The van der Waals surface area contributed by atoms with E-state index in [0.29, 0.717) is 26.3 Å². The first-order chi connectivity index (χ1) is 8.34. The molecule has 1 spiro atoms. The van der Waals surface area contributed by atoms with Crippen molar-refractivity contribution in [3.8, 4) is 0 Å². The van der Waals surface area contributed by atoms with Crippen LogP contribution in [0.25, 0.3) is 0 Å². The van der Waals surface area contributed by atoms with E-state index >= 15 is 0 Å². The molecule has 0 aromatic rings. The van der Waals surface area contributed by atoms with E-state index < -0.39 is 5.60 Å². The molecule has 0 bridgehead atoms. The SMILES string of the molecule is CC(C)(C)OC(=O)N1CC2(COC(CI)CO2)C1. The van der Waals surface area contributed by atoms with Crippen molar-refractivity contribution in [1.82, 2.24) is 4.90 Å². The van der Waals surface area contributed by atoms with Crippen LogP contribution in [0.3, 0.4) is 0 Å². The molecule has 6 heteroatoms. The fraction of sp³-hybridized carbons (Fsp3) is 0.917. The number of nitrogens with zero attached hydrogens (tertiary/aromatic N) is 1. The molecule has 5 nitrogen and oxygen atoms in total. The van der Waals surface area contributed by atoms with Crippen LogP contribution in [0.4, 0.5) is 4.79 Å². The van der Waals surface area contributed by atoms with Gasteiger partial charge in [-0.3, -0.25) is 0 Å². The third-order valence-electron chi connectivity index (χ3n) is 2.94. The van der Waals surface area contributed by atoms with E-state index in [-0.39, 0.29) is 17.8 Å². The summed E-state index contributed by atoms with van der Waals surface area (Å²) in [5.41, 5.74) is -0.741. The minimum atomic E-state index is -0.448. The lowest BCUT2D eigenvalue weighted by atomic mass is 9.94. The van der Waals surface area contributed by atoms with Gasteiger partial charge in [0.2, 0.25) is 0 Å². The average Bonchev–Trinajstić information content (AvgIpc) is 2.23. The number of likely N-dealkylation sites (tertiary alicyclic amines) is 1. The largest absolute Gasteiger partial charge is 0.444 e. The zero-order valence-corrected chi connectivity index (χ0v) is 13.2. The first-order valence-electron chi connectivity index (χ1n) is 6.13. The molecule has 0 saturated carbocycles. The second kappa shape index (κ2) is 5.13. The summed E-state index contributed by atoms with van der Waals surface area (Å²) < 4.78 is 17.8. The Bertz CT molecular complexity index is 313. The quantitative estimate of drug-likeness (QED) is 0.523. The number of amides is 1. The summed E-state index contributed by atoms with van der Waals surface area (Å²) in [4.78, 5) is 13.5. The monoisotopic (exact) mass is 369 g/mol. The topological polar surface area (TPSA) is 48.0 Å². The second-order valence-corrected chi connectivity index (χ2v) is 6.80. The van der Waals surface area contributed by atoms with Crippen LogP contribution in [0.1, 0.15) is 20.8 Å². The third kappa shape index (κ3) is 3.27. The first kappa shape index (κ1) is 14.3. The molecule has 1 amide bonds. The molecule has 0 N–H and O–H groups in total. The Kier molecular flexibility index (Phi) is 4.08. The molecular weight excluding hydrogens is 349 g/mol. The van der Waals surface area contributed by atoms with Gasteiger partial charge in [0.15, 0.2) is 0 Å². The highest BCUT2D eigenvalue weighted by Gasteiger charge is 2.50. The molecule has 0 radical (unpaired) electrons. The van der Waals surface area contributed by atoms with Crippen molar-refractivity contribution >= 4 is 28.7 Å². The van der Waals surface area contributed by atoms with Crippen molar-refractivity contribution in [3.63, 3.8) is 0 Å². The van der Waals surface area contributed by atoms with Crippen LogP contribution in [-0.4, -0.2) is 59.0 Å². The summed E-state index contributed by atoms with van der Waals surface area (Å²) in [6.45, 7) is 7.92. The summed E-state index contributed by atoms with van der Waals surface area (Å²) >= 11 is 2.29. The molecule has 0 aromatic heterocycles. The van der Waals surface area contributed by atoms with Gasteiger partial charge in [0.1, 0.15) is 11.2 Å². The summed E-state index contributed by atoms with van der Waals surface area (Å²) in [7, 11) is 0. The fourth-order valence-corrected chi connectivity index (χ4v) is 2.51. The smallest absolute Gasteiger partial charge is 0.410 e. The van der Waals surface area contributed by atoms with Gasteiger partial charge in [0.05, 0.1) is 32.4 Å². The van der Waals surface area contributed by atoms with Crippen molar-refractivity contribution < 1.29 is 19.0 Å². The van der Waals surface area contributed by atoms with Crippen molar-refractivity contribution in [3.05, 3.63) is 0 Å². The molecule has 2 fully saturated rings. The first-order valence-corrected chi connectivity index (χ1v) is 7.66. The van der Waals surface area contributed by atoms with Gasteiger partial charge in [-0.2, -0.15) is 0 Å². The molecule has 1 unspecified atom stereocenters. The van der Waals surface area contributed by atoms with Crippen LogP contribution in [0, 0.1) is 0 Å². The van der Waals surface area contributed by atoms with Gasteiger partial charge in [-0.1, -0.05) is 22.6 Å². The number of alkyl halides is 1. The van der Waals surface area contributed by atoms with Gasteiger partial charge in [-0.25, -0.2) is 4.79 Å². The average molecular weight is 369 g/mol. The van der Waals surface area contributed by atoms with Gasteiger partial charge in [0, 0.05) is 4.43 Å². The van der Waals surface area contributed by atoms with Gasteiger partial charge in [-0.05, 0) is 20.8 Å². The highest BCUT2D eigenvalue weighted by atomic mass is 127. The van der Waals surface area contributed by atoms with Crippen LogP contribution in [0.5, 0.6) is 0 Å². The summed E-state index contributed by atoms with van der Waals surface area (Å²) in [6, 6.07) is 0. The van der Waals surface area contributed by atoms with E-state index in [4.69, 9.17) is 14.2 Å². The molecule has 2 saturated heterocycles. The van der Waals surface area contributed by atoms with Gasteiger partial charge in [-0.15, -0.1) is 0 Å². The molecule has 104 valence electrons. The molecule has 1 atom stereocenters. The van der Waals surface area contributed by atoms with Crippen LogP contribution >= 0.6 is 22.6 Å². The lowest BCUT2D eigenvalue weighted by Crippen LogP contribution is -2.69. The van der Waals surface area contributed by atoms with Crippen LogP contribution < -0.4 is 0 Å². The number of carbonyl (C=O) groups excluding carboxylic acids is 1. The lowest BCUT2D eigenvalue weighted by molar-refractivity contribution is -0.230. The van der Waals surface area contributed by atoms with Crippen molar-refractivity contribution in [2.75, 3.05) is 30.7 Å². The molecule has 2 rings (SSSR count). The maximum atomic E-state index is 11.8. The Morgan fingerprint density at radius 3 is 2.61 bits per heavy atom. The normalized spacial score (nSPS) is 26.9. The Labute approximate surface area is 121 Å².